The average Bonchev–Trinajstić information content (AvgIpc) is 2.90. The van der Waals surface area contributed by atoms with E-state index in [0.717, 1.165) is 17.3 Å². The van der Waals surface area contributed by atoms with Crippen molar-refractivity contribution in [3.05, 3.63) is 47.0 Å². The van der Waals surface area contributed by atoms with Crippen molar-refractivity contribution in [2.45, 2.75) is 32.9 Å². The number of furan rings is 1. The Morgan fingerprint density at radius 3 is 2.64 bits per heavy atom. The van der Waals surface area contributed by atoms with Crippen LogP contribution in [-0.4, -0.2) is 36.8 Å². The molecule has 136 valence electrons. The number of amides is 2. The van der Waals surface area contributed by atoms with Crippen LogP contribution in [0.1, 0.15) is 29.7 Å². The number of nitrogens with zero attached hydrogens (tertiary/aromatic N) is 2. The number of pyridine rings is 1. The van der Waals surface area contributed by atoms with Crippen LogP contribution in [0.5, 0.6) is 0 Å². The second kappa shape index (κ2) is 7.57. The molecule has 7 nitrogen and oxygen atoms in total. The Morgan fingerprint density at radius 1 is 1.32 bits per heavy atom. The van der Waals surface area contributed by atoms with Crippen LogP contribution in [0.3, 0.4) is 0 Å². The lowest BCUT2D eigenvalue weighted by Crippen LogP contribution is -2.43. The largest absolute Gasteiger partial charge is 0.466 e. The first-order valence-electron chi connectivity index (χ1n) is 8.14. The fraction of sp³-hybridized carbons (Fsp3) is 0.444. The molecule has 3 N–H and O–H groups in total. The molecular weight excluding hydrogens is 320 g/mol. The second-order valence-electron chi connectivity index (χ2n) is 6.52. The van der Waals surface area contributed by atoms with Crippen LogP contribution in [0.25, 0.3) is 0 Å². The van der Waals surface area contributed by atoms with Crippen LogP contribution in [-0.2, 0) is 12.1 Å². The smallest absolute Gasteiger partial charge is 0.315 e. The zero-order chi connectivity index (χ0) is 18.6. The Hall–Kier alpha value is -2.54. The molecule has 2 heterocycles. The van der Waals surface area contributed by atoms with Gasteiger partial charge in [-0.05, 0) is 39.0 Å². The highest BCUT2D eigenvalue weighted by atomic mass is 16.3. The summed E-state index contributed by atoms with van der Waals surface area (Å²) in [5, 5.41) is 16.0. The Labute approximate surface area is 148 Å². The maximum atomic E-state index is 12.0. The predicted octanol–water partition coefficient (Wildman–Crippen LogP) is 2.06. The van der Waals surface area contributed by atoms with Gasteiger partial charge in [0, 0.05) is 19.7 Å². The summed E-state index contributed by atoms with van der Waals surface area (Å²) < 4.78 is 5.44. The molecule has 0 spiro atoms. The molecule has 0 saturated heterocycles. The fourth-order valence-corrected chi connectivity index (χ4v) is 2.56. The van der Waals surface area contributed by atoms with E-state index in [0.29, 0.717) is 17.9 Å². The number of aliphatic hydroxyl groups is 1. The fourth-order valence-electron chi connectivity index (χ4n) is 2.56. The summed E-state index contributed by atoms with van der Waals surface area (Å²) in [6, 6.07) is 7.06. The zero-order valence-corrected chi connectivity index (χ0v) is 15.4. The normalized spacial score (nSPS) is 13.2. The zero-order valence-electron chi connectivity index (χ0n) is 15.4. The van der Waals surface area contributed by atoms with Crippen LogP contribution in [0.2, 0.25) is 0 Å². The standard InChI is InChI=1S/C18H26N4O3/c1-12-9-15(13(2)25-12)18(3,24)11-20-17(23)19-10-14-7-6-8-16(21-14)22(4)5/h6-9,24H,10-11H2,1-5H3,(H2,19,20,23). The van der Waals surface area contributed by atoms with Crippen molar-refractivity contribution in [1.29, 1.82) is 0 Å². The molecule has 1 atom stereocenters. The van der Waals surface area contributed by atoms with E-state index in [1.807, 2.05) is 44.1 Å². The summed E-state index contributed by atoms with van der Waals surface area (Å²) in [7, 11) is 3.82. The average molecular weight is 346 g/mol. The van der Waals surface area contributed by atoms with Gasteiger partial charge in [-0.15, -0.1) is 0 Å². The molecule has 0 saturated carbocycles. The molecular formula is C18H26N4O3. The molecule has 25 heavy (non-hydrogen) atoms. The molecule has 7 heteroatoms. The third-order valence-electron chi connectivity index (χ3n) is 3.89. The number of anilines is 1. The minimum absolute atomic E-state index is 0.0732. The van der Waals surface area contributed by atoms with E-state index in [1.54, 1.807) is 19.9 Å². The minimum atomic E-state index is -1.21. The number of hydrogen-bond donors (Lipinski definition) is 3. The van der Waals surface area contributed by atoms with E-state index in [2.05, 4.69) is 15.6 Å². The van der Waals surface area contributed by atoms with E-state index >= 15 is 0 Å². The minimum Gasteiger partial charge on any atom is -0.466 e. The Kier molecular flexibility index (Phi) is 5.69. The Morgan fingerprint density at radius 2 is 2.04 bits per heavy atom. The SMILES string of the molecule is Cc1cc(C(C)(O)CNC(=O)NCc2cccc(N(C)C)n2)c(C)o1. The van der Waals surface area contributed by atoms with Gasteiger partial charge in [0.05, 0.1) is 18.8 Å². The van der Waals surface area contributed by atoms with E-state index in [4.69, 9.17) is 4.42 Å². The van der Waals surface area contributed by atoms with Crippen molar-refractivity contribution < 1.29 is 14.3 Å². The summed E-state index contributed by atoms with van der Waals surface area (Å²) in [5.41, 5.74) is 0.225. The molecule has 0 fully saturated rings. The molecule has 0 aliphatic rings. The third-order valence-corrected chi connectivity index (χ3v) is 3.89. The first-order valence-corrected chi connectivity index (χ1v) is 8.14. The number of hydrogen-bond acceptors (Lipinski definition) is 5. The first kappa shape index (κ1) is 18.8. The second-order valence-corrected chi connectivity index (χ2v) is 6.52. The van der Waals surface area contributed by atoms with Crippen LogP contribution in [0.4, 0.5) is 10.6 Å². The monoisotopic (exact) mass is 346 g/mol. The summed E-state index contributed by atoms with van der Waals surface area (Å²) in [4.78, 5) is 18.3. The van der Waals surface area contributed by atoms with Gasteiger partial charge in [0.2, 0.25) is 0 Å². The summed E-state index contributed by atoms with van der Waals surface area (Å²) in [5.74, 6) is 2.20. The number of urea groups is 1. The van der Waals surface area contributed by atoms with Crippen molar-refractivity contribution >= 4 is 11.8 Å². The van der Waals surface area contributed by atoms with Gasteiger partial charge in [0.25, 0.3) is 0 Å². The number of carbonyl (C=O) groups excluding carboxylic acids is 1. The highest BCUT2D eigenvalue weighted by Gasteiger charge is 2.28. The van der Waals surface area contributed by atoms with E-state index in [1.165, 1.54) is 0 Å². The quantitative estimate of drug-likeness (QED) is 0.745. The summed E-state index contributed by atoms with van der Waals surface area (Å²) in [6.07, 6.45) is 0. The Balaban J connectivity index is 1.88. The van der Waals surface area contributed by atoms with Crippen LogP contribution in [0.15, 0.2) is 28.7 Å². The van der Waals surface area contributed by atoms with Crippen molar-refractivity contribution in [2.24, 2.45) is 0 Å². The molecule has 1 unspecified atom stereocenters. The van der Waals surface area contributed by atoms with Crippen LogP contribution < -0.4 is 15.5 Å². The number of aryl methyl sites for hydroxylation is 2. The molecule has 2 amide bonds. The number of nitrogens with one attached hydrogen (secondary N) is 2. The first-order chi connectivity index (χ1) is 11.7. The van der Waals surface area contributed by atoms with Crippen molar-refractivity contribution in [3.8, 4) is 0 Å². The number of carbonyl (C=O) groups is 1. The van der Waals surface area contributed by atoms with Gasteiger partial charge in [-0.2, -0.15) is 0 Å². The van der Waals surface area contributed by atoms with Crippen molar-refractivity contribution in [2.75, 3.05) is 25.5 Å². The van der Waals surface area contributed by atoms with Crippen LogP contribution >= 0.6 is 0 Å². The van der Waals surface area contributed by atoms with Gasteiger partial charge in [-0.1, -0.05) is 6.07 Å². The topological polar surface area (TPSA) is 90.6 Å². The lowest BCUT2D eigenvalue weighted by atomic mass is 9.96. The van der Waals surface area contributed by atoms with Gasteiger partial charge in [0.15, 0.2) is 0 Å². The van der Waals surface area contributed by atoms with Crippen molar-refractivity contribution in [3.63, 3.8) is 0 Å². The molecule has 2 aromatic rings. The lowest BCUT2D eigenvalue weighted by molar-refractivity contribution is 0.0579. The molecule has 0 bridgehead atoms. The maximum absolute atomic E-state index is 12.0. The highest BCUT2D eigenvalue weighted by molar-refractivity contribution is 5.73. The summed E-state index contributed by atoms with van der Waals surface area (Å²) in [6.45, 7) is 5.64. The van der Waals surface area contributed by atoms with E-state index in [9.17, 15) is 9.90 Å². The maximum Gasteiger partial charge on any atom is 0.315 e. The molecule has 0 aromatic carbocycles. The van der Waals surface area contributed by atoms with Gasteiger partial charge in [-0.3, -0.25) is 0 Å². The van der Waals surface area contributed by atoms with E-state index in [-0.39, 0.29) is 12.6 Å². The third kappa shape index (κ3) is 4.96. The molecule has 2 aromatic heterocycles. The lowest BCUT2D eigenvalue weighted by Gasteiger charge is -2.23. The van der Waals surface area contributed by atoms with Gasteiger partial charge in [-0.25, -0.2) is 9.78 Å². The van der Waals surface area contributed by atoms with Gasteiger partial charge >= 0.3 is 6.03 Å². The van der Waals surface area contributed by atoms with Crippen LogP contribution in [0, 0.1) is 13.8 Å². The summed E-state index contributed by atoms with van der Waals surface area (Å²) >= 11 is 0. The predicted molar refractivity (Wildman–Crippen MR) is 96.6 cm³/mol. The van der Waals surface area contributed by atoms with Crippen molar-refractivity contribution in [1.82, 2.24) is 15.6 Å². The number of rotatable bonds is 6. The van der Waals surface area contributed by atoms with Gasteiger partial charge in [0.1, 0.15) is 22.9 Å². The Bertz CT molecular complexity index is 738. The van der Waals surface area contributed by atoms with E-state index < -0.39 is 5.60 Å². The molecule has 0 radical (unpaired) electrons. The number of aromatic nitrogens is 1. The molecule has 2 rings (SSSR count). The van der Waals surface area contributed by atoms with Gasteiger partial charge < -0.3 is 25.1 Å². The highest BCUT2D eigenvalue weighted by Crippen LogP contribution is 2.26. The molecule has 0 aliphatic heterocycles. The molecule has 0 aliphatic carbocycles.